The highest BCUT2D eigenvalue weighted by molar-refractivity contribution is 5.86. The fourth-order valence-corrected chi connectivity index (χ4v) is 1.23. The number of terminal acetylenes is 1. The molecule has 0 spiro atoms. The van der Waals surface area contributed by atoms with Crippen LogP contribution in [0, 0.1) is 12.3 Å². The van der Waals surface area contributed by atoms with Gasteiger partial charge in [-0.25, -0.2) is 9.78 Å². The van der Waals surface area contributed by atoms with E-state index in [1.165, 1.54) is 12.3 Å². The number of nitrogens with zero attached hydrogens (tertiary/aromatic N) is 2. The summed E-state index contributed by atoms with van der Waals surface area (Å²) in [6.07, 6.45) is 6.69. The number of pyridine rings is 1. The molecule has 0 radical (unpaired) electrons. The molecular formula is C11H12N2O2. The molecule has 15 heavy (non-hydrogen) atoms. The van der Waals surface area contributed by atoms with Crippen molar-refractivity contribution in [3.63, 3.8) is 0 Å². The SMILES string of the molecule is C#CCN(CC)c1ccnc(C(=O)O)c1. The first-order valence-electron chi connectivity index (χ1n) is 4.56. The van der Waals surface area contributed by atoms with Gasteiger partial charge < -0.3 is 10.0 Å². The predicted octanol–water partition coefficient (Wildman–Crippen LogP) is 1.24. The number of aromatic nitrogens is 1. The zero-order chi connectivity index (χ0) is 11.3. The number of carbonyl (C=O) groups is 1. The summed E-state index contributed by atoms with van der Waals surface area (Å²) in [5.41, 5.74) is 0.811. The number of rotatable bonds is 4. The van der Waals surface area contributed by atoms with Gasteiger partial charge in [0, 0.05) is 18.4 Å². The monoisotopic (exact) mass is 204 g/mol. The molecule has 0 bridgehead atoms. The van der Waals surface area contributed by atoms with Gasteiger partial charge in [0.25, 0.3) is 0 Å². The van der Waals surface area contributed by atoms with Gasteiger partial charge in [0.05, 0.1) is 6.54 Å². The molecule has 0 unspecified atom stereocenters. The Labute approximate surface area is 88.6 Å². The maximum atomic E-state index is 10.7. The molecule has 0 amide bonds. The van der Waals surface area contributed by atoms with Crippen molar-refractivity contribution >= 4 is 11.7 Å². The number of aromatic carboxylic acids is 1. The molecule has 1 N–H and O–H groups in total. The molecule has 1 rings (SSSR count). The number of hydrogen-bond acceptors (Lipinski definition) is 3. The van der Waals surface area contributed by atoms with E-state index in [4.69, 9.17) is 11.5 Å². The van der Waals surface area contributed by atoms with Crippen LogP contribution in [-0.2, 0) is 0 Å². The minimum atomic E-state index is -1.03. The fourth-order valence-electron chi connectivity index (χ4n) is 1.23. The highest BCUT2D eigenvalue weighted by Gasteiger charge is 2.08. The van der Waals surface area contributed by atoms with E-state index in [0.29, 0.717) is 6.54 Å². The van der Waals surface area contributed by atoms with Crippen LogP contribution in [0.3, 0.4) is 0 Å². The van der Waals surface area contributed by atoms with Gasteiger partial charge in [-0.05, 0) is 19.1 Å². The second-order valence-electron chi connectivity index (χ2n) is 2.92. The van der Waals surface area contributed by atoms with Crippen LogP contribution in [0.1, 0.15) is 17.4 Å². The third kappa shape index (κ3) is 2.71. The molecule has 4 heteroatoms. The highest BCUT2D eigenvalue weighted by atomic mass is 16.4. The molecule has 0 saturated carbocycles. The second-order valence-corrected chi connectivity index (χ2v) is 2.92. The predicted molar refractivity (Wildman–Crippen MR) is 57.9 cm³/mol. The molecule has 1 aromatic heterocycles. The van der Waals surface area contributed by atoms with Crippen LogP contribution < -0.4 is 4.90 Å². The Morgan fingerprint density at radius 2 is 2.47 bits per heavy atom. The molecule has 0 aliphatic heterocycles. The summed E-state index contributed by atoms with van der Waals surface area (Å²) in [4.78, 5) is 16.3. The smallest absolute Gasteiger partial charge is 0.354 e. The Bertz CT molecular complexity index is 396. The van der Waals surface area contributed by atoms with Crippen molar-refractivity contribution < 1.29 is 9.90 Å². The van der Waals surface area contributed by atoms with Crippen LogP contribution in [-0.4, -0.2) is 29.1 Å². The molecule has 0 fully saturated rings. The van der Waals surface area contributed by atoms with Crippen molar-refractivity contribution in [1.29, 1.82) is 0 Å². The average molecular weight is 204 g/mol. The maximum absolute atomic E-state index is 10.7. The normalized spacial score (nSPS) is 9.33. The average Bonchev–Trinajstić information content (AvgIpc) is 2.26. The zero-order valence-electron chi connectivity index (χ0n) is 8.47. The Hall–Kier alpha value is -2.02. The van der Waals surface area contributed by atoms with E-state index in [1.54, 1.807) is 6.07 Å². The van der Waals surface area contributed by atoms with Crippen molar-refractivity contribution in [3.05, 3.63) is 24.0 Å². The van der Waals surface area contributed by atoms with Gasteiger partial charge in [-0.2, -0.15) is 0 Å². The van der Waals surface area contributed by atoms with Gasteiger partial charge in [-0.15, -0.1) is 6.42 Å². The number of carboxylic acid groups (broad SMARTS) is 1. The maximum Gasteiger partial charge on any atom is 0.354 e. The second kappa shape index (κ2) is 5.01. The van der Waals surface area contributed by atoms with E-state index in [2.05, 4.69) is 10.9 Å². The third-order valence-electron chi connectivity index (χ3n) is 1.99. The van der Waals surface area contributed by atoms with Gasteiger partial charge in [0.15, 0.2) is 0 Å². The summed E-state index contributed by atoms with van der Waals surface area (Å²) in [6.45, 7) is 3.14. The lowest BCUT2D eigenvalue weighted by molar-refractivity contribution is 0.0690. The molecule has 1 aromatic rings. The number of hydrogen-bond donors (Lipinski definition) is 1. The highest BCUT2D eigenvalue weighted by Crippen LogP contribution is 2.13. The first kappa shape index (κ1) is 11.1. The van der Waals surface area contributed by atoms with Crippen LogP contribution in [0.25, 0.3) is 0 Å². The first-order valence-corrected chi connectivity index (χ1v) is 4.56. The Morgan fingerprint density at radius 3 is 3.00 bits per heavy atom. The Balaban J connectivity index is 2.98. The van der Waals surface area contributed by atoms with Crippen LogP contribution in [0.5, 0.6) is 0 Å². The molecule has 1 heterocycles. The van der Waals surface area contributed by atoms with Crippen molar-refractivity contribution in [1.82, 2.24) is 4.98 Å². The van der Waals surface area contributed by atoms with E-state index < -0.39 is 5.97 Å². The Morgan fingerprint density at radius 1 is 1.73 bits per heavy atom. The van der Waals surface area contributed by atoms with E-state index in [1.807, 2.05) is 11.8 Å². The van der Waals surface area contributed by atoms with Gasteiger partial charge >= 0.3 is 5.97 Å². The van der Waals surface area contributed by atoms with Crippen LogP contribution in [0.2, 0.25) is 0 Å². The van der Waals surface area contributed by atoms with Crippen molar-refractivity contribution in [2.75, 3.05) is 18.0 Å². The molecule has 0 aromatic carbocycles. The summed E-state index contributed by atoms with van der Waals surface area (Å²) in [7, 11) is 0. The van der Waals surface area contributed by atoms with Gasteiger partial charge in [-0.3, -0.25) is 0 Å². The first-order chi connectivity index (χ1) is 7.19. The number of carboxylic acids is 1. The summed E-state index contributed by atoms with van der Waals surface area (Å²) >= 11 is 0. The molecule has 0 atom stereocenters. The van der Waals surface area contributed by atoms with Gasteiger partial charge in [0.2, 0.25) is 0 Å². The van der Waals surface area contributed by atoms with E-state index in [0.717, 1.165) is 12.2 Å². The molecule has 0 saturated heterocycles. The van der Waals surface area contributed by atoms with Crippen molar-refractivity contribution in [3.8, 4) is 12.3 Å². The van der Waals surface area contributed by atoms with E-state index >= 15 is 0 Å². The minimum Gasteiger partial charge on any atom is -0.477 e. The lowest BCUT2D eigenvalue weighted by atomic mass is 10.3. The fraction of sp³-hybridized carbons (Fsp3) is 0.273. The number of anilines is 1. The minimum absolute atomic E-state index is 0.0305. The standard InChI is InChI=1S/C11H12N2O2/c1-3-7-13(4-2)9-5-6-12-10(8-9)11(14)15/h1,5-6,8H,4,7H2,2H3,(H,14,15). The summed E-state index contributed by atoms with van der Waals surface area (Å²) < 4.78 is 0. The van der Waals surface area contributed by atoms with E-state index in [9.17, 15) is 4.79 Å². The molecule has 4 nitrogen and oxygen atoms in total. The summed E-state index contributed by atoms with van der Waals surface area (Å²) in [6, 6.07) is 3.26. The molecular weight excluding hydrogens is 192 g/mol. The van der Waals surface area contributed by atoms with Crippen molar-refractivity contribution in [2.45, 2.75) is 6.92 Å². The largest absolute Gasteiger partial charge is 0.477 e. The lowest BCUT2D eigenvalue weighted by Crippen LogP contribution is -2.23. The van der Waals surface area contributed by atoms with Crippen LogP contribution >= 0.6 is 0 Å². The van der Waals surface area contributed by atoms with Gasteiger partial charge in [-0.1, -0.05) is 5.92 Å². The third-order valence-corrected chi connectivity index (χ3v) is 1.99. The van der Waals surface area contributed by atoms with E-state index in [-0.39, 0.29) is 5.69 Å². The van der Waals surface area contributed by atoms with Crippen LogP contribution in [0.4, 0.5) is 5.69 Å². The Kier molecular flexibility index (Phi) is 3.69. The van der Waals surface area contributed by atoms with Gasteiger partial charge in [0.1, 0.15) is 5.69 Å². The zero-order valence-corrected chi connectivity index (χ0v) is 8.47. The van der Waals surface area contributed by atoms with Crippen molar-refractivity contribution in [2.24, 2.45) is 0 Å². The summed E-state index contributed by atoms with van der Waals surface area (Å²) in [5.74, 6) is 1.49. The van der Waals surface area contributed by atoms with Crippen LogP contribution in [0.15, 0.2) is 18.3 Å². The quantitative estimate of drug-likeness (QED) is 0.750. The molecule has 78 valence electrons. The molecule has 0 aliphatic rings. The topological polar surface area (TPSA) is 53.4 Å². The lowest BCUT2D eigenvalue weighted by Gasteiger charge is -2.20. The molecule has 0 aliphatic carbocycles. The summed E-state index contributed by atoms with van der Waals surface area (Å²) in [5, 5.41) is 8.77.